The molecule has 0 aliphatic carbocycles. The molecule has 1 amide bonds. The van der Waals surface area contributed by atoms with Gasteiger partial charge >= 0.3 is 6.18 Å². The van der Waals surface area contributed by atoms with Crippen LogP contribution in [0.3, 0.4) is 0 Å². The van der Waals surface area contributed by atoms with Crippen LogP contribution >= 0.6 is 22.7 Å². The van der Waals surface area contributed by atoms with Crippen LogP contribution in [0.25, 0.3) is 11.1 Å². The van der Waals surface area contributed by atoms with E-state index in [4.69, 9.17) is 0 Å². The summed E-state index contributed by atoms with van der Waals surface area (Å²) in [5.41, 5.74) is 0.852. The lowest BCUT2D eigenvalue weighted by Crippen LogP contribution is -2.25. The number of alkyl halides is 3. The van der Waals surface area contributed by atoms with Crippen molar-refractivity contribution in [2.75, 3.05) is 0 Å². The van der Waals surface area contributed by atoms with Gasteiger partial charge in [0.15, 0.2) is 0 Å². The van der Waals surface area contributed by atoms with Crippen molar-refractivity contribution >= 4 is 28.6 Å². The molecule has 7 heteroatoms. The second-order valence-corrected chi connectivity index (χ2v) is 6.82. The molecule has 3 rings (SSSR count). The molecule has 0 spiro atoms. The van der Waals surface area contributed by atoms with Crippen LogP contribution in [0.2, 0.25) is 0 Å². The summed E-state index contributed by atoms with van der Waals surface area (Å²) in [5.74, 6) is -0.728. The third-order valence-corrected chi connectivity index (χ3v) is 5.03. The molecule has 2 nitrogen and oxygen atoms in total. The highest BCUT2D eigenvalue weighted by Gasteiger charge is 2.34. The van der Waals surface area contributed by atoms with Crippen LogP contribution in [0.15, 0.2) is 52.5 Å². The number of carbonyl (C=O) groups excluding carboxylic acids is 1. The summed E-state index contributed by atoms with van der Waals surface area (Å²) < 4.78 is 38.9. The summed E-state index contributed by atoms with van der Waals surface area (Å²) in [6, 6.07) is 8.71. The maximum absolute atomic E-state index is 13.0. The lowest BCUT2D eigenvalue weighted by Gasteiger charge is -2.12. The first-order chi connectivity index (χ1) is 11.4. The number of halogens is 3. The highest BCUT2D eigenvalue weighted by Crippen LogP contribution is 2.32. The summed E-state index contributed by atoms with van der Waals surface area (Å²) in [6.45, 7) is 0.194. The number of hydrogen-bond donors (Lipinski definition) is 1. The minimum atomic E-state index is -4.55. The first-order valence-corrected chi connectivity index (χ1v) is 8.82. The van der Waals surface area contributed by atoms with Gasteiger partial charge in [0.1, 0.15) is 0 Å². The fourth-order valence-corrected chi connectivity index (χ4v) is 3.74. The number of carbonyl (C=O) groups is 1. The topological polar surface area (TPSA) is 29.1 Å². The van der Waals surface area contributed by atoms with Crippen LogP contribution in [0.4, 0.5) is 13.2 Å². The van der Waals surface area contributed by atoms with E-state index in [0.29, 0.717) is 0 Å². The Kier molecular flexibility index (Phi) is 4.73. The number of benzene rings is 1. The second-order valence-electron chi connectivity index (χ2n) is 5.04. The quantitative estimate of drug-likeness (QED) is 0.655. The van der Waals surface area contributed by atoms with Gasteiger partial charge in [-0.25, -0.2) is 0 Å². The van der Waals surface area contributed by atoms with Crippen LogP contribution in [-0.4, -0.2) is 5.91 Å². The minimum Gasteiger partial charge on any atom is -0.347 e. The van der Waals surface area contributed by atoms with E-state index >= 15 is 0 Å². The Hall–Kier alpha value is -2.12. The van der Waals surface area contributed by atoms with E-state index in [1.54, 1.807) is 11.3 Å². The van der Waals surface area contributed by atoms with Crippen LogP contribution < -0.4 is 5.32 Å². The number of nitrogens with one attached hydrogen (secondary N) is 1. The summed E-state index contributed by atoms with van der Waals surface area (Å²) in [4.78, 5) is 13.0. The molecule has 0 aliphatic rings. The van der Waals surface area contributed by atoms with Crippen molar-refractivity contribution in [3.8, 4) is 11.1 Å². The molecule has 0 bridgehead atoms. The first kappa shape index (κ1) is 16.7. The predicted octanol–water partition coefficient (Wildman–Crippen LogP) is 5.43. The lowest BCUT2D eigenvalue weighted by molar-refractivity contribution is -0.137. The van der Waals surface area contributed by atoms with Gasteiger partial charge in [-0.05, 0) is 51.5 Å². The van der Waals surface area contributed by atoms with Crippen molar-refractivity contribution in [1.82, 2.24) is 5.32 Å². The largest absolute Gasteiger partial charge is 0.417 e. The van der Waals surface area contributed by atoms with E-state index in [1.807, 2.05) is 28.3 Å². The molecule has 0 saturated heterocycles. The summed E-state index contributed by atoms with van der Waals surface area (Å²) in [7, 11) is 0. The van der Waals surface area contributed by atoms with Gasteiger partial charge in [-0.2, -0.15) is 24.5 Å². The van der Waals surface area contributed by atoms with Crippen LogP contribution in [0, 0.1) is 0 Å². The van der Waals surface area contributed by atoms with Crippen molar-refractivity contribution in [2.45, 2.75) is 12.7 Å². The Morgan fingerprint density at radius 2 is 1.88 bits per heavy atom. The molecule has 0 aliphatic heterocycles. The molecule has 1 N–H and O–H groups in total. The van der Waals surface area contributed by atoms with Gasteiger partial charge in [0.2, 0.25) is 0 Å². The number of amides is 1. The van der Waals surface area contributed by atoms with Crippen molar-refractivity contribution in [3.63, 3.8) is 0 Å². The monoisotopic (exact) mass is 367 g/mol. The van der Waals surface area contributed by atoms with Crippen LogP contribution in [-0.2, 0) is 12.7 Å². The van der Waals surface area contributed by atoms with E-state index in [-0.39, 0.29) is 12.1 Å². The van der Waals surface area contributed by atoms with E-state index < -0.39 is 17.6 Å². The van der Waals surface area contributed by atoms with Gasteiger partial charge in [0.05, 0.1) is 17.7 Å². The van der Waals surface area contributed by atoms with Gasteiger partial charge < -0.3 is 5.32 Å². The Bertz CT molecular complexity index is 838. The van der Waals surface area contributed by atoms with E-state index in [2.05, 4.69) is 5.32 Å². The zero-order valence-electron chi connectivity index (χ0n) is 12.3. The zero-order chi connectivity index (χ0) is 17.2. The smallest absolute Gasteiger partial charge is 0.347 e. The van der Waals surface area contributed by atoms with Gasteiger partial charge in [-0.15, -0.1) is 11.3 Å². The fraction of sp³-hybridized carbons (Fsp3) is 0.118. The average Bonchev–Trinajstić information content (AvgIpc) is 3.23. The second kappa shape index (κ2) is 6.78. The molecule has 3 aromatic rings. The predicted molar refractivity (Wildman–Crippen MR) is 90.2 cm³/mol. The molecular weight excluding hydrogens is 355 g/mol. The minimum absolute atomic E-state index is 0.194. The molecular formula is C17H12F3NOS2. The third kappa shape index (κ3) is 3.68. The van der Waals surface area contributed by atoms with Gasteiger partial charge in [0, 0.05) is 4.88 Å². The SMILES string of the molecule is O=C(NCc1cc(-c2ccsc2)cs1)c1ccccc1C(F)(F)F. The maximum atomic E-state index is 13.0. The summed E-state index contributed by atoms with van der Waals surface area (Å²) in [5, 5.41) is 8.52. The number of hydrogen-bond acceptors (Lipinski definition) is 3. The standard InChI is InChI=1S/C17H12F3NOS2/c18-17(19,20)15-4-2-1-3-14(15)16(22)21-8-13-7-12(10-24-13)11-5-6-23-9-11/h1-7,9-10H,8H2,(H,21,22). The fourth-order valence-electron chi connectivity index (χ4n) is 2.24. The van der Waals surface area contributed by atoms with Gasteiger partial charge in [-0.3, -0.25) is 4.79 Å². The molecule has 1 aromatic carbocycles. The van der Waals surface area contributed by atoms with Crippen molar-refractivity contribution in [1.29, 1.82) is 0 Å². The molecule has 2 aromatic heterocycles. The van der Waals surface area contributed by atoms with Crippen LogP contribution in [0.1, 0.15) is 20.8 Å². The number of thiophene rings is 2. The van der Waals surface area contributed by atoms with Crippen molar-refractivity contribution in [3.05, 3.63) is 68.5 Å². The maximum Gasteiger partial charge on any atom is 0.417 e. The highest BCUT2D eigenvalue weighted by molar-refractivity contribution is 7.10. The van der Waals surface area contributed by atoms with Gasteiger partial charge in [0.25, 0.3) is 5.91 Å². The van der Waals surface area contributed by atoms with Crippen molar-refractivity contribution in [2.24, 2.45) is 0 Å². The molecule has 24 heavy (non-hydrogen) atoms. The summed E-state index contributed by atoms with van der Waals surface area (Å²) >= 11 is 3.05. The Balaban J connectivity index is 1.71. The molecule has 2 heterocycles. The normalized spacial score (nSPS) is 11.5. The van der Waals surface area contributed by atoms with Gasteiger partial charge in [-0.1, -0.05) is 12.1 Å². The molecule has 0 fully saturated rings. The molecule has 0 unspecified atom stereocenters. The Morgan fingerprint density at radius 3 is 2.58 bits per heavy atom. The molecule has 0 atom stereocenters. The molecule has 0 saturated carbocycles. The number of rotatable bonds is 4. The molecule has 0 radical (unpaired) electrons. The Morgan fingerprint density at radius 1 is 1.08 bits per heavy atom. The zero-order valence-corrected chi connectivity index (χ0v) is 13.9. The van der Waals surface area contributed by atoms with Crippen LogP contribution in [0.5, 0.6) is 0 Å². The Labute approximate surface area is 144 Å². The average molecular weight is 367 g/mol. The van der Waals surface area contributed by atoms with E-state index in [1.165, 1.54) is 29.5 Å². The summed E-state index contributed by atoms with van der Waals surface area (Å²) in [6.07, 6.45) is -4.55. The van der Waals surface area contributed by atoms with E-state index in [9.17, 15) is 18.0 Å². The van der Waals surface area contributed by atoms with E-state index in [0.717, 1.165) is 22.1 Å². The molecule has 124 valence electrons. The lowest BCUT2D eigenvalue weighted by atomic mass is 10.1. The third-order valence-electron chi connectivity index (χ3n) is 3.41. The highest BCUT2D eigenvalue weighted by atomic mass is 32.1. The van der Waals surface area contributed by atoms with Crippen molar-refractivity contribution < 1.29 is 18.0 Å². The first-order valence-electron chi connectivity index (χ1n) is 6.99.